The van der Waals surface area contributed by atoms with Gasteiger partial charge in [0.25, 0.3) is 0 Å². The topological polar surface area (TPSA) is 0 Å². The van der Waals surface area contributed by atoms with Crippen LogP contribution < -0.4 is 10.4 Å². The lowest BCUT2D eigenvalue weighted by molar-refractivity contribution is 0.502. The zero-order valence-electron chi connectivity index (χ0n) is 29.1. The smallest absolute Gasteiger partial charge is 0.0205 e. The summed E-state index contributed by atoms with van der Waals surface area (Å²) in [6, 6.07) is 27.7. The van der Waals surface area contributed by atoms with Gasteiger partial charge in [0.2, 0.25) is 0 Å². The molecule has 50 heavy (non-hydrogen) atoms. The molecule has 3 aromatic rings. The maximum atomic E-state index is 2.60. The Kier molecular flexibility index (Phi) is 6.63. The Bertz CT molecular complexity index is 2410. The van der Waals surface area contributed by atoms with E-state index in [1.54, 1.807) is 0 Å². The molecular formula is C50H42. The Labute approximate surface area is 296 Å². The molecule has 0 saturated carbocycles. The minimum Gasteiger partial charge on any atom is -0.0767 e. The fraction of sp³-hybridized carbons (Fsp3) is 0.200. The lowest BCUT2D eigenvalue weighted by Gasteiger charge is -2.38. The van der Waals surface area contributed by atoms with E-state index >= 15 is 0 Å². The van der Waals surface area contributed by atoms with E-state index in [1.165, 1.54) is 71.7 Å². The normalized spacial score (nSPS) is 28.0. The van der Waals surface area contributed by atoms with Crippen molar-refractivity contribution >= 4 is 27.9 Å². The van der Waals surface area contributed by atoms with Crippen molar-refractivity contribution in [1.29, 1.82) is 0 Å². The van der Waals surface area contributed by atoms with Crippen LogP contribution in [-0.2, 0) is 0 Å². The Hall–Kier alpha value is -5.20. The summed E-state index contributed by atoms with van der Waals surface area (Å²) in [5, 5.41) is 2.74. The summed E-state index contributed by atoms with van der Waals surface area (Å²) in [5.74, 6) is 2.14. The number of fused-ring (bicyclic) bond motifs is 6. The second-order valence-corrected chi connectivity index (χ2v) is 15.9. The molecule has 0 heterocycles. The van der Waals surface area contributed by atoms with Gasteiger partial charge in [0.05, 0.1) is 0 Å². The summed E-state index contributed by atoms with van der Waals surface area (Å²) in [5.41, 5.74) is 15.6. The molecule has 3 aromatic carbocycles. The molecule has 6 unspecified atom stereocenters. The molecule has 0 aromatic heterocycles. The Morgan fingerprint density at radius 3 is 1.90 bits per heavy atom. The van der Waals surface area contributed by atoms with Crippen LogP contribution in [0.25, 0.3) is 27.9 Å². The van der Waals surface area contributed by atoms with E-state index in [4.69, 9.17) is 0 Å². The summed E-state index contributed by atoms with van der Waals surface area (Å²) in [7, 11) is 0. The van der Waals surface area contributed by atoms with Crippen LogP contribution in [0.4, 0.5) is 0 Å². The molecule has 0 spiro atoms. The highest BCUT2D eigenvalue weighted by molar-refractivity contribution is 6.00. The average molecular weight is 643 g/mol. The fourth-order valence-corrected chi connectivity index (χ4v) is 9.74. The highest BCUT2D eigenvalue weighted by Crippen LogP contribution is 2.56. The third kappa shape index (κ3) is 4.51. The molecule has 0 saturated heterocycles. The largest absolute Gasteiger partial charge is 0.0767 e. The first kappa shape index (κ1) is 29.7. The monoisotopic (exact) mass is 642 g/mol. The van der Waals surface area contributed by atoms with Crippen LogP contribution >= 0.6 is 0 Å². The quantitative estimate of drug-likeness (QED) is 0.267. The van der Waals surface area contributed by atoms with Crippen molar-refractivity contribution in [1.82, 2.24) is 0 Å². The minimum atomic E-state index is 0.0788. The van der Waals surface area contributed by atoms with E-state index in [0.29, 0.717) is 23.7 Å². The molecule has 0 amide bonds. The number of benzene rings is 3. The van der Waals surface area contributed by atoms with Crippen LogP contribution in [0.3, 0.4) is 0 Å². The molecule has 0 N–H and O–H groups in total. The van der Waals surface area contributed by atoms with Crippen LogP contribution in [0, 0.1) is 40.9 Å². The molecule has 0 fully saturated rings. The van der Waals surface area contributed by atoms with Gasteiger partial charge in [-0.1, -0.05) is 185 Å². The first-order chi connectivity index (χ1) is 24.4. The van der Waals surface area contributed by atoms with Crippen molar-refractivity contribution < 1.29 is 0 Å². The fourth-order valence-electron chi connectivity index (χ4n) is 9.74. The average Bonchev–Trinajstić information content (AvgIpc) is 3.48. The van der Waals surface area contributed by atoms with E-state index in [-0.39, 0.29) is 17.3 Å². The van der Waals surface area contributed by atoms with Crippen LogP contribution in [0.5, 0.6) is 0 Å². The third-order valence-corrected chi connectivity index (χ3v) is 12.2. The Morgan fingerprint density at radius 2 is 1.14 bits per heavy atom. The lowest BCUT2D eigenvalue weighted by Crippen LogP contribution is -2.41. The van der Waals surface area contributed by atoms with Gasteiger partial charge in [-0.15, -0.1) is 0 Å². The summed E-state index contributed by atoms with van der Waals surface area (Å²) in [6.07, 6.45) is 35.8. The van der Waals surface area contributed by atoms with Gasteiger partial charge in [-0.2, -0.15) is 0 Å². The summed E-state index contributed by atoms with van der Waals surface area (Å²) >= 11 is 0. The Morgan fingerprint density at radius 1 is 0.480 bits per heavy atom. The maximum absolute atomic E-state index is 2.60. The standard InChI is InChI=1S/C50H42/c1-50(2,3)36-25-26-45-46(30-36)48(35-24-19-31-11-4-5-12-34(31)29-35)43-16-9-8-15-42(43)47(45)33-22-20-32(21-23-33)37-27-28-44-39-14-7-6-13-38(39)41-18-10-17-40(37)49(41)44/h4-31,34,40,45-46,49H,1-3H3. The lowest BCUT2D eigenvalue weighted by atomic mass is 9.66. The van der Waals surface area contributed by atoms with Gasteiger partial charge in [-0.25, -0.2) is 0 Å². The molecule has 10 rings (SSSR count). The zero-order valence-corrected chi connectivity index (χ0v) is 29.1. The van der Waals surface area contributed by atoms with Crippen LogP contribution in [-0.4, -0.2) is 0 Å². The molecule has 0 heteroatoms. The van der Waals surface area contributed by atoms with Crippen molar-refractivity contribution in [2.45, 2.75) is 20.8 Å². The van der Waals surface area contributed by atoms with Crippen molar-refractivity contribution in [3.8, 4) is 0 Å². The molecule has 0 radical (unpaired) electrons. The molecule has 242 valence electrons. The van der Waals surface area contributed by atoms with Gasteiger partial charge in [-0.05, 0) is 77.1 Å². The van der Waals surface area contributed by atoms with Gasteiger partial charge in [-0.3, -0.25) is 0 Å². The highest BCUT2D eigenvalue weighted by atomic mass is 14.4. The van der Waals surface area contributed by atoms with Crippen molar-refractivity contribution in [3.05, 3.63) is 208 Å². The molecule has 0 nitrogen and oxygen atoms in total. The van der Waals surface area contributed by atoms with E-state index in [0.717, 1.165) is 0 Å². The van der Waals surface area contributed by atoms with E-state index < -0.39 is 0 Å². The first-order valence-corrected chi connectivity index (χ1v) is 18.4. The number of rotatable bonds is 3. The zero-order chi connectivity index (χ0) is 33.6. The predicted octanol–water partition coefficient (Wildman–Crippen LogP) is 10.4. The molecule has 0 aliphatic heterocycles. The Balaban J connectivity index is 1.11. The van der Waals surface area contributed by atoms with Crippen LogP contribution in [0.15, 0.2) is 175 Å². The maximum Gasteiger partial charge on any atom is 0.0205 e. The molecule has 0 bridgehead atoms. The number of hydrogen-bond donors (Lipinski definition) is 0. The highest BCUT2D eigenvalue weighted by Gasteiger charge is 2.41. The third-order valence-electron chi connectivity index (χ3n) is 12.2. The molecule has 7 aliphatic rings. The first-order valence-electron chi connectivity index (χ1n) is 18.4. The van der Waals surface area contributed by atoms with E-state index in [2.05, 4.69) is 185 Å². The van der Waals surface area contributed by atoms with Gasteiger partial charge >= 0.3 is 0 Å². The van der Waals surface area contributed by atoms with E-state index in [9.17, 15) is 0 Å². The number of hydrogen-bond acceptors (Lipinski definition) is 0. The summed E-state index contributed by atoms with van der Waals surface area (Å²) < 4.78 is 0. The summed E-state index contributed by atoms with van der Waals surface area (Å²) in [4.78, 5) is 0. The van der Waals surface area contributed by atoms with Crippen LogP contribution in [0.1, 0.15) is 43.0 Å². The van der Waals surface area contributed by atoms with Crippen molar-refractivity contribution in [3.63, 3.8) is 0 Å². The van der Waals surface area contributed by atoms with Gasteiger partial charge in [0.1, 0.15) is 0 Å². The SMILES string of the molecule is CC(C)(C)C1=CC2C(C3=CC4C=CC=CC4C=C3)=c3ccccc3=C(c3ccc(C4=CC=C5c6ccccc6C6=CC=CC4C65)cc3)C2C=C1. The molecule has 7 aliphatic carbocycles. The van der Waals surface area contributed by atoms with Crippen LogP contribution in [0.2, 0.25) is 0 Å². The molecule has 6 atom stereocenters. The van der Waals surface area contributed by atoms with Crippen molar-refractivity contribution in [2.75, 3.05) is 0 Å². The van der Waals surface area contributed by atoms with E-state index in [1.807, 2.05) is 0 Å². The predicted molar refractivity (Wildman–Crippen MR) is 211 cm³/mol. The second-order valence-electron chi connectivity index (χ2n) is 15.9. The van der Waals surface area contributed by atoms with Gasteiger partial charge in [0.15, 0.2) is 0 Å². The van der Waals surface area contributed by atoms with Gasteiger partial charge in [0, 0.05) is 35.5 Å². The second kappa shape index (κ2) is 11.2. The minimum absolute atomic E-state index is 0.0788. The number of allylic oxidation sites excluding steroid dienone is 20. The molecular weight excluding hydrogens is 601 g/mol. The summed E-state index contributed by atoms with van der Waals surface area (Å²) in [6.45, 7) is 7.03. The van der Waals surface area contributed by atoms with Crippen molar-refractivity contribution in [2.24, 2.45) is 40.9 Å². The van der Waals surface area contributed by atoms with Gasteiger partial charge < -0.3 is 0 Å².